The minimum Gasteiger partial charge on any atom is -0.477 e. The number of aliphatic carboxylic acids is 1. The van der Waals surface area contributed by atoms with Gasteiger partial charge in [-0.1, -0.05) is 36.4 Å². The van der Waals surface area contributed by atoms with Gasteiger partial charge in [0.05, 0.1) is 6.67 Å². The molecule has 0 radical (unpaired) electrons. The summed E-state index contributed by atoms with van der Waals surface area (Å²) in [5.74, 6) is -0.924. The van der Waals surface area contributed by atoms with Crippen LogP contribution in [0.4, 0.5) is 11.4 Å². The van der Waals surface area contributed by atoms with E-state index in [1.807, 2.05) is 65.6 Å². The van der Waals surface area contributed by atoms with Crippen molar-refractivity contribution < 1.29 is 9.90 Å². The Hall–Kier alpha value is -2.75. The zero-order valence-corrected chi connectivity index (χ0v) is 10.8. The summed E-state index contributed by atoms with van der Waals surface area (Å²) in [4.78, 5) is 15.1. The van der Waals surface area contributed by atoms with Crippen molar-refractivity contribution in [3.63, 3.8) is 0 Å². The van der Waals surface area contributed by atoms with Crippen molar-refractivity contribution >= 4 is 17.3 Å². The maximum Gasteiger partial charge on any atom is 0.354 e. The van der Waals surface area contributed by atoms with E-state index in [0.29, 0.717) is 6.67 Å². The Morgan fingerprint density at radius 2 is 1.45 bits per heavy atom. The first-order chi connectivity index (χ1) is 9.75. The predicted octanol–water partition coefficient (Wildman–Crippen LogP) is 2.90. The molecule has 2 aromatic carbocycles. The van der Waals surface area contributed by atoms with Crippen LogP contribution in [0.1, 0.15) is 0 Å². The molecular formula is C16H14N2O2. The number of hydrogen-bond acceptors (Lipinski definition) is 3. The molecule has 100 valence electrons. The lowest BCUT2D eigenvalue weighted by Crippen LogP contribution is -2.28. The van der Waals surface area contributed by atoms with E-state index in [9.17, 15) is 9.90 Å². The van der Waals surface area contributed by atoms with Crippen LogP contribution in [0.25, 0.3) is 0 Å². The summed E-state index contributed by atoms with van der Waals surface area (Å²) in [5.41, 5.74) is 2.13. The van der Waals surface area contributed by atoms with Gasteiger partial charge in [0.2, 0.25) is 0 Å². The van der Waals surface area contributed by atoms with Crippen LogP contribution in [0, 0.1) is 0 Å². The van der Waals surface area contributed by atoms with Crippen molar-refractivity contribution in [1.29, 1.82) is 0 Å². The molecule has 0 amide bonds. The van der Waals surface area contributed by atoms with Crippen molar-refractivity contribution in [3.05, 3.63) is 72.6 Å². The molecule has 20 heavy (non-hydrogen) atoms. The van der Waals surface area contributed by atoms with Crippen molar-refractivity contribution in [2.24, 2.45) is 0 Å². The first kappa shape index (κ1) is 12.3. The Kier molecular flexibility index (Phi) is 3.13. The Bertz CT molecular complexity index is 638. The lowest BCUT2D eigenvalue weighted by molar-refractivity contribution is -0.132. The third kappa shape index (κ3) is 2.23. The number of rotatable bonds is 3. The number of anilines is 2. The van der Waals surface area contributed by atoms with Gasteiger partial charge in [-0.2, -0.15) is 0 Å². The summed E-state index contributed by atoms with van der Waals surface area (Å²) in [5, 5.41) is 9.37. The maximum absolute atomic E-state index is 11.4. The SMILES string of the molecule is O=C(O)C1=CN(c2ccccc2)CN1c1ccccc1. The molecule has 0 aliphatic carbocycles. The van der Waals surface area contributed by atoms with Gasteiger partial charge in [0, 0.05) is 17.6 Å². The second kappa shape index (κ2) is 5.09. The fourth-order valence-electron chi connectivity index (χ4n) is 2.26. The number of carbonyl (C=O) groups is 1. The number of nitrogens with zero attached hydrogens (tertiary/aromatic N) is 2. The number of carboxylic acid groups (broad SMARTS) is 1. The van der Waals surface area contributed by atoms with E-state index in [1.165, 1.54) is 0 Å². The Labute approximate surface area is 117 Å². The van der Waals surface area contributed by atoms with Crippen molar-refractivity contribution in [1.82, 2.24) is 0 Å². The zero-order chi connectivity index (χ0) is 13.9. The van der Waals surface area contributed by atoms with Crippen LogP contribution in [0.3, 0.4) is 0 Å². The summed E-state index contributed by atoms with van der Waals surface area (Å²) in [6.07, 6.45) is 1.67. The van der Waals surface area contributed by atoms with E-state index in [1.54, 1.807) is 11.1 Å². The normalized spacial score (nSPS) is 14.3. The summed E-state index contributed by atoms with van der Waals surface area (Å²) < 4.78 is 0. The lowest BCUT2D eigenvalue weighted by Gasteiger charge is -2.22. The summed E-state index contributed by atoms with van der Waals surface area (Å²) in [7, 11) is 0. The van der Waals surface area contributed by atoms with E-state index in [4.69, 9.17) is 0 Å². The smallest absolute Gasteiger partial charge is 0.354 e. The molecule has 2 aromatic rings. The minimum atomic E-state index is -0.924. The Balaban J connectivity index is 1.95. The first-order valence-electron chi connectivity index (χ1n) is 6.35. The molecule has 4 nitrogen and oxygen atoms in total. The molecule has 0 aromatic heterocycles. The van der Waals surface area contributed by atoms with Gasteiger partial charge in [-0.05, 0) is 24.3 Å². The highest BCUT2D eigenvalue weighted by Gasteiger charge is 2.27. The third-order valence-electron chi connectivity index (χ3n) is 3.24. The van der Waals surface area contributed by atoms with Crippen molar-refractivity contribution in [2.75, 3.05) is 16.5 Å². The number of hydrogen-bond donors (Lipinski definition) is 1. The van der Waals surface area contributed by atoms with Gasteiger partial charge in [0.25, 0.3) is 0 Å². The molecule has 0 unspecified atom stereocenters. The molecule has 0 atom stereocenters. The Morgan fingerprint density at radius 3 is 2.00 bits per heavy atom. The molecular weight excluding hydrogens is 252 g/mol. The van der Waals surface area contributed by atoms with Crippen LogP contribution in [-0.2, 0) is 4.79 Å². The molecule has 0 fully saturated rings. The van der Waals surface area contributed by atoms with Gasteiger partial charge < -0.3 is 14.9 Å². The highest BCUT2D eigenvalue weighted by atomic mass is 16.4. The summed E-state index contributed by atoms with van der Waals surface area (Å²) >= 11 is 0. The molecule has 1 heterocycles. The highest BCUT2D eigenvalue weighted by molar-refractivity contribution is 5.93. The van der Waals surface area contributed by atoms with Crippen LogP contribution in [-0.4, -0.2) is 17.7 Å². The van der Waals surface area contributed by atoms with E-state index < -0.39 is 5.97 Å². The highest BCUT2D eigenvalue weighted by Crippen LogP contribution is 2.28. The first-order valence-corrected chi connectivity index (χ1v) is 6.35. The van der Waals surface area contributed by atoms with Crippen LogP contribution in [0.15, 0.2) is 72.6 Å². The third-order valence-corrected chi connectivity index (χ3v) is 3.24. The van der Waals surface area contributed by atoms with Gasteiger partial charge >= 0.3 is 5.97 Å². The van der Waals surface area contributed by atoms with Crippen LogP contribution in [0.5, 0.6) is 0 Å². The largest absolute Gasteiger partial charge is 0.477 e. The van der Waals surface area contributed by atoms with Gasteiger partial charge in [0.1, 0.15) is 5.70 Å². The second-order valence-corrected chi connectivity index (χ2v) is 4.53. The summed E-state index contributed by atoms with van der Waals surface area (Å²) in [6, 6.07) is 19.3. The molecule has 0 saturated carbocycles. The predicted molar refractivity (Wildman–Crippen MR) is 78.4 cm³/mol. The number of carboxylic acids is 1. The monoisotopic (exact) mass is 266 g/mol. The number of para-hydroxylation sites is 2. The van der Waals surface area contributed by atoms with E-state index >= 15 is 0 Å². The standard InChI is InChI=1S/C16H14N2O2/c19-16(20)15-11-17(13-7-3-1-4-8-13)12-18(15)14-9-5-2-6-10-14/h1-11H,12H2,(H,19,20). The fraction of sp³-hybridized carbons (Fsp3) is 0.0625. The van der Waals surface area contributed by atoms with E-state index in [0.717, 1.165) is 11.4 Å². The van der Waals surface area contributed by atoms with Crippen LogP contribution >= 0.6 is 0 Å². The van der Waals surface area contributed by atoms with Crippen molar-refractivity contribution in [3.8, 4) is 0 Å². The number of benzene rings is 2. The molecule has 1 aliphatic rings. The summed E-state index contributed by atoms with van der Waals surface area (Å²) in [6.45, 7) is 0.496. The average Bonchev–Trinajstić information content (AvgIpc) is 2.94. The van der Waals surface area contributed by atoms with E-state index in [2.05, 4.69) is 0 Å². The minimum absolute atomic E-state index is 0.278. The van der Waals surface area contributed by atoms with Crippen LogP contribution in [0.2, 0.25) is 0 Å². The lowest BCUT2D eigenvalue weighted by atomic mass is 10.3. The zero-order valence-electron chi connectivity index (χ0n) is 10.8. The molecule has 4 heteroatoms. The molecule has 1 N–H and O–H groups in total. The topological polar surface area (TPSA) is 43.8 Å². The van der Waals surface area contributed by atoms with Gasteiger partial charge in [-0.15, -0.1) is 0 Å². The van der Waals surface area contributed by atoms with Gasteiger partial charge in [0.15, 0.2) is 0 Å². The molecule has 3 rings (SSSR count). The van der Waals surface area contributed by atoms with Crippen molar-refractivity contribution in [2.45, 2.75) is 0 Å². The van der Waals surface area contributed by atoms with Gasteiger partial charge in [-0.3, -0.25) is 0 Å². The molecule has 0 spiro atoms. The van der Waals surface area contributed by atoms with E-state index in [-0.39, 0.29) is 5.70 Å². The molecule has 0 saturated heterocycles. The molecule has 0 bridgehead atoms. The Morgan fingerprint density at radius 1 is 0.900 bits per heavy atom. The van der Waals surface area contributed by atoms with Gasteiger partial charge in [-0.25, -0.2) is 4.79 Å². The van der Waals surface area contributed by atoms with Crippen LogP contribution < -0.4 is 9.80 Å². The average molecular weight is 266 g/mol. The quantitative estimate of drug-likeness (QED) is 0.927. The fourth-order valence-corrected chi connectivity index (χ4v) is 2.26. The molecule has 1 aliphatic heterocycles. The maximum atomic E-state index is 11.4. The second-order valence-electron chi connectivity index (χ2n) is 4.53.